The van der Waals surface area contributed by atoms with Gasteiger partial charge in [-0.2, -0.15) is 0 Å². The van der Waals surface area contributed by atoms with Crippen LogP contribution < -0.4 is 4.74 Å². The second kappa shape index (κ2) is 5.67. The van der Waals surface area contributed by atoms with E-state index in [1.807, 2.05) is 18.2 Å². The van der Waals surface area contributed by atoms with Gasteiger partial charge >= 0.3 is 0 Å². The highest BCUT2D eigenvalue weighted by Gasteiger charge is 2.46. The minimum Gasteiger partial charge on any atom is -0.484 e. The van der Waals surface area contributed by atoms with Crippen molar-refractivity contribution in [2.75, 3.05) is 13.1 Å². The molecule has 2 aliphatic heterocycles. The maximum atomic E-state index is 12.4. The van der Waals surface area contributed by atoms with Gasteiger partial charge in [0.25, 0.3) is 0 Å². The molecule has 5 heteroatoms. The van der Waals surface area contributed by atoms with Crippen LogP contribution in [0.25, 0.3) is 6.08 Å². The molecule has 1 fully saturated rings. The van der Waals surface area contributed by atoms with Gasteiger partial charge in [0.2, 0.25) is 5.91 Å². The summed E-state index contributed by atoms with van der Waals surface area (Å²) >= 11 is 0. The Morgan fingerprint density at radius 1 is 1.21 bits per heavy atom. The fraction of sp³-hybridized carbons (Fsp3) is 0.263. The number of rotatable bonds is 2. The van der Waals surface area contributed by atoms with E-state index in [2.05, 4.69) is 0 Å². The first-order valence-corrected chi connectivity index (χ1v) is 7.97. The van der Waals surface area contributed by atoms with Crippen LogP contribution in [-0.2, 0) is 4.79 Å². The first-order valence-electron chi connectivity index (χ1n) is 7.97. The van der Waals surface area contributed by atoms with E-state index in [0.717, 1.165) is 0 Å². The van der Waals surface area contributed by atoms with Crippen molar-refractivity contribution in [2.24, 2.45) is 0 Å². The number of hydrogen-bond donors (Lipinski definition) is 0. The molecule has 0 saturated carbocycles. The summed E-state index contributed by atoms with van der Waals surface area (Å²) in [5.74, 6) is 1.24. The molecule has 2 aliphatic rings. The van der Waals surface area contributed by atoms with Crippen LogP contribution in [0.15, 0.2) is 53.2 Å². The van der Waals surface area contributed by atoms with Gasteiger partial charge in [-0.15, -0.1) is 0 Å². The topological polar surface area (TPSA) is 59.8 Å². The van der Waals surface area contributed by atoms with E-state index in [-0.39, 0.29) is 11.7 Å². The molecule has 0 aliphatic carbocycles. The van der Waals surface area contributed by atoms with E-state index < -0.39 is 5.60 Å². The Hall–Kier alpha value is -2.82. The lowest BCUT2D eigenvalue weighted by atomic mass is 9.89. The van der Waals surface area contributed by atoms with Gasteiger partial charge in [-0.05, 0) is 30.3 Å². The number of Topliss-reactive ketones (excluding diaryl/α,β-unsaturated/α-hetero) is 1. The summed E-state index contributed by atoms with van der Waals surface area (Å²) in [5, 5.41) is 0. The van der Waals surface area contributed by atoms with E-state index in [4.69, 9.17) is 9.15 Å². The standard InChI is InChI=1S/C19H17NO4/c21-16-12-19(24-17-6-2-1-5-15(16)17)9-10-20(13-19)18(22)8-7-14-4-3-11-23-14/h1-8,11H,9-10,12-13H2/b8-7+/t19-/m1/s1. The molecule has 122 valence electrons. The molecular weight excluding hydrogens is 306 g/mol. The number of furan rings is 1. The second-order valence-electron chi connectivity index (χ2n) is 6.24. The van der Waals surface area contributed by atoms with Gasteiger partial charge in [0, 0.05) is 19.0 Å². The van der Waals surface area contributed by atoms with Crippen molar-refractivity contribution in [1.29, 1.82) is 0 Å². The molecule has 1 amide bonds. The van der Waals surface area contributed by atoms with Crippen molar-refractivity contribution in [3.63, 3.8) is 0 Å². The zero-order chi connectivity index (χ0) is 16.6. The normalized spacial score (nSPS) is 22.8. The van der Waals surface area contributed by atoms with E-state index in [1.165, 1.54) is 6.08 Å². The number of likely N-dealkylation sites (tertiary alicyclic amines) is 1. The van der Waals surface area contributed by atoms with Gasteiger partial charge in [0.1, 0.15) is 17.1 Å². The molecule has 24 heavy (non-hydrogen) atoms. The van der Waals surface area contributed by atoms with Crippen molar-refractivity contribution in [2.45, 2.75) is 18.4 Å². The number of amides is 1. The van der Waals surface area contributed by atoms with Crippen LogP contribution in [-0.4, -0.2) is 35.3 Å². The Kier molecular flexibility index (Phi) is 3.49. The van der Waals surface area contributed by atoms with E-state index in [0.29, 0.717) is 43.0 Å². The molecule has 3 heterocycles. The Morgan fingerprint density at radius 3 is 2.92 bits per heavy atom. The minimum absolute atomic E-state index is 0.0808. The Morgan fingerprint density at radius 2 is 2.08 bits per heavy atom. The molecule has 0 bridgehead atoms. The molecule has 4 rings (SSSR count). The molecule has 0 N–H and O–H groups in total. The predicted octanol–water partition coefficient (Wildman–Crippen LogP) is 2.93. The van der Waals surface area contributed by atoms with Crippen LogP contribution in [0, 0.1) is 0 Å². The summed E-state index contributed by atoms with van der Waals surface area (Å²) in [5.41, 5.74) is 0.0326. The van der Waals surface area contributed by atoms with E-state index in [9.17, 15) is 9.59 Å². The highest BCUT2D eigenvalue weighted by atomic mass is 16.5. The molecule has 0 unspecified atom stereocenters. The van der Waals surface area contributed by atoms with Crippen molar-refractivity contribution >= 4 is 17.8 Å². The summed E-state index contributed by atoms with van der Waals surface area (Å²) in [4.78, 5) is 26.5. The number of hydrogen-bond acceptors (Lipinski definition) is 4. The molecular formula is C19H17NO4. The SMILES string of the molecule is O=C1C[C@@]2(CCN(C(=O)/C=C/c3ccco3)C2)Oc2ccccc21. The van der Waals surface area contributed by atoms with Gasteiger partial charge in [-0.3, -0.25) is 9.59 Å². The first kappa shape index (κ1) is 14.8. The summed E-state index contributed by atoms with van der Waals surface area (Å²) < 4.78 is 11.3. The third-order valence-corrected chi connectivity index (χ3v) is 4.56. The van der Waals surface area contributed by atoms with Crippen LogP contribution in [0.4, 0.5) is 0 Å². The van der Waals surface area contributed by atoms with Crippen molar-refractivity contribution in [3.8, 4) is 5.75 Å². The van der Waals surface area contributed by atoms with Crippen molar-refractivity contribution < 1.29 is 18.7 Å². The number of carbonyl (C=O) groups is 2. The Balaban J connectivity index is 1.48. The van der Waals surface area contributed by atoms with Crippen molar-refractivity contribution in [3.05, 3.63) is 60.1 Å². The van der Waals surface area contributed by atoms with Crippen LogP contribution in [0.3, 0.4) is 0 Å². The molecule has 5 nitrogen and oxygen atoms in total. The zero-order valence-electron chi connectivity index (χ0n) is 13.1. The lowest BCUT2D eigenvalue weighted by molar-refractivity contribution is -0.125. The van der Waals surface area contributed by atoms with Crippen molar-refractivity contribution in [1.82, 2.24) is 4.90 Å². The van der Waals surface area contributed by atoms with Gasteiger partial charge in [-0.1, -0.05) is 12.1 Å². The fourth-order valence-corrected chi connectivity index (χ4v) is 3.35. The lowest BCUT2D eigenvalue weighted by Gasteiger charge is -2.34. The van der Waals surface area contributed by atoms with E-state index in [1.54, 1.807) is 35.4 Å². The fourth-order valence-electron chi connectivity index (χ4n) is 3.35. The number of nitrogens with zero attached hydrogens (tertiary/aromatic N) is 1. The smallest absolute Gasteiger partial charge is 0.246 e. The average molecular weight is 323 g/mol. The summed E-state index contributed by atoms with van der Waals surface area (Å²) in [6.07, 6.45) is 5.68. The summed E-state index contributed by atoms with van der Waals surface area (Å²) in [6, 6.07) is 10.9. The highest BCUT2D eigenvalue weighted by molar-refractivity contribution is 6.00. The molecule has 0 radical (unpaired) electrons. The zero-order valence-corrected chi connectivity index (χ0v) is 13.1. The van der Waals surface area contributed by atoms with Crippen LogP contribution in [0.2, 0.25) is 0 Å². The third kappa shape index (κ3) is 2.62. The summed E-state index contributed by atoms with van der Waals surface area (Å²) in [6.45, 7) is 1.01. The Bertz CT molecular complexity index is 809. The molecule has 1 saturated heterocycles. The highest BCUT2D eigenvalue weighted by Crippen LogP contribution is 2.38. The quantitative estimate of drug-likeness (QED) is 0.797. The number of ketones is 1. The lowest BCUT2D eigenvalue weighted by Crippen LogP contribution is -2.45. The average Bonchev–Trinajstić information content (AvgIpc) is 3.23. The maximum Gasteiger partial charge on any atom is 0.246 e. The molecule has 1 spiro atoms. The van der Waals surface area contributed by atoms with Gasteiger partial charge in [0.15, 0.2) is 5.78 Å². The number of benzene rings is 1. The Labute approximate surface area is 139 Å². The first-order chi connectivity index (χ1) is 11.7. The van der Waals surface area contributed by atoms with E-state index >= 15 is 0 Å². The molecule has 1 aromatic carbocycles. The van der Waals surface area contributed by atoms with Crippen LogP contribution in [0.5, 0.6) is 5.75 Å². The number of fused-ring (bicyclic) bond motifs is 1. The largest absolute Gasteiger partial charge is 0.484 e. The number of ether oxygens (including phenoxy) is 1. The second-order valence-corrected chi connectivity index (χ2v) is 6.24. The monoisotopic (exact) mass is 323 g/mol. The molecule has 1 atom stereocenters. The molecule has 2 aromatic rings. The summed E-state index contributed by atoms with van der Waals surface area (Å²) in [7, 11) is 0. The third-order valence-electron chi connectivity index (χ3n) is 4.56. The molecule has 1 aromatic heterocycles. The minimum atomic E-state index is -0.598. The van der Waals surface area contributed by atoms with Gasteiger partial charge in [0.05, 0.1) is 24.8 Å². The van der Waals surface area contributed by atoms with Gasteiger partial charge in [-0.25, -0.2) is 0 Å². The van der Waals surface area contributed by atoms with Crippen LogP contribution >= 0.6 is 0 Å². The predicted molar refractivity (Wildman–Crippen MR) is 87.7 cm³/mol. The maximum absolute atomic E-state index is 12.4. The van der Waals surface area contributed by atoms with Gasteiger partial charge < -0.3 is 14.1 Å². The number of para-hydroxylation sites is 1. The van der Waals surface area contributed by atoms with Crippen LogP contribution in [0.1, 0.15) is 29.0 Å². The number of carbonyl (C=O) groups excluding carboxylic acids is 2.